The Morgan fingerprint density at radius 3 is 2.68 bits per heavy atom. The van der Waals surface area contributed by atoms with Crippen LogP contribution in [0.2, 0.25) is 5.02 Å². The normalized spacial score (nSPS) is 11.8. The van der Waals surface area contributed by atoms with Crippen LogP contribution < -0.4 is 10.6 Å². The van der Waals surface area contributed by atoms with Crippen molar-refractivity contribution < 1.29 is 19.1 Å². The van der Waals surface area contributed by atoms with Gasteiger partial charge in [0.2, 0.25) is 0 Å². The van der Waals surface area contributed by atoms with Crippen molar-refractivity contribution in [3.63, 3.8) is 0 Å². The third-order valence-corrected chi connectivity index (χ3v) is 6.07. The van der Waals surface area contributed by atoms with Crippen LogP contribution >= 0.6 is 11.6 Å². The van der Waals surface area contributed by atoms with E-state index in [2.05, 4.69) is 15.6 Å². The number of pyridine rings is 1. The van der Waals surface area contributed by atoms with Crippen LogP contribution in [0.5, 0.6) is 5.75 Å². The molecule has 0 aliphatic carbocycles. The summed E-state index contributed by atoms with van der Waals surface area (Å²) in [5.41, 5.74) is 1.36. The smallest absolute Gasteiger partial charge is 0.317 e. The SMILES string of the molecule is CCNC[C@@H](CCCC(=O)CCCc1ccc(O)cn1)N(C)C(=O)NCc1cccc(F)c1Cl. The Hall–Kier alpha value is -2.71. The fraction of sp³-hybridized carbons (Fsp3) is 0.480. The maximum absolute atomic E-state index is 13.6. The van der Waals surface area contributed by atoms with Gasteiger partial charge in [0.05, 0.1) is 11.2 Å². The number of aromatic nitrogens is 1. The monoisotopic (exact) mass is 492 g/mol. The zero-order chi connectivity index (χ0) is 24.9. The van der Waals surface area contributed by atoms with Crippen molar-refractivity contribution in [2.75, 3.05) is 20.1 Å². The first kappa shape index (κ1) is 27.5. The van der Waals surface area contributed by atoms with Crippen LogP contribution in [0, 0.1) is 5.82 Å². The first-order valence-corrected chi connectivity index (χ1v) is 12.0. The molecule has 0 saturated carbocycles. The summed E-state index contributed by atoms with van der Waals surface area (Å²) in [4.78, 5) is 30.7. The molecule has 1 aromatic heterocycles. The first-order valence-electron chi connectivity index (χ1n) is 11.6. The Labute approximate surface area is 205 Å². The quantitative estimate of drug-likeness (QED) is 0.362. The van der Waals surface area contributed by atoms with Gasteiger partial charge < -0.3 is 20.6 Å². The highest BCUT2D eigenvalue weighted by atomic mass is 35.5. The van der Waals surface area contributed by atoms with Crippen LogP contribution in [0.25, 0.3) is 0 Å². The standard InChI is InChI=1S/C25H34ClFN4O3/c1-3-28-16-20(31(2)25(34)30-15-18-7-4-12-23(27)24(18)26)9-6-11-21(32)10-5-8-19-13-14-22(33)17-29-19/h4,7,12-14,17,20,28,33H,3,5-6,8-11,15-16H2,1-2H3,(H,30,34)/t20-/m1/s1. The number of aromatic hydroxyl groups is 1. The van der Waals surface area contributed by atoms with Crippen LogP contribution in [0.15, 0.2) is 36.5 Å². The number of halogens is 2. The lowest BCUT2D eigenvalue weighted by Crippen LogP contribution is -2.47. The Bertz CT molecular complexity index is 927. The number of benzene rings is 1. The first-order chi connectivity index (χ1) is 16.3. The van der Waals surface area contributed by atoms with Crippen molar-refractivity contribution in [1.29, 1.82) is 0 Å². The lowest BCUT2D eigenvalue weighted by atomic mass is 10.0. The number of nitrogens with zero attached hydrogens (tertiary/aromatic N) is 2. The fourth-order valence-electron chi connectivity index (χ4n) is 3.58. The van der Waals surface area contributed by atoms with Gasteiger partial charge in [0.1, 0.15) is 17.3 Å². The van der Waals surface area contributed by atoms with Gasteiger partial charge in [-0.2, -0.15) is 0 Å². The van der Waals surface area contributed by atoms with E-state index in [9.17, 15) is 19.1 Å². The predicted octanol–water partition coefficient (Wildman–Crippen LogP) is 4.46. The maximum Gasteiger partial charge on any atom is 0.317 e. The molecule has 1 atom stereocenters. The summed E-state index contributed by atoms with van der Waals surface area (Å²) in [5.74, 6) is -0.201. The number of aryl methyl sites for hydroxylation is 1. The number of urea groups is 1. The van der Waals surface area contributed by atoms with E-state index < -0.39 is 5.82 Å². The molecule has 0 aliphatic rings. The molecule has 0 fully saturated rings. The molecular formula is C25H34ClFN4O3. The van der Waals surface area contributed by atoms with Crippen molar-refractivity contribution in [2.24, 2.45) is 0 Å². The zero-order valence-electron chi connectivity index (χ0n) is 19.8. The van der Waals surface area contributed by atoms with Gasteiger partial charge in [-0.05, 0) is 56.0 Å². The zero-order valence-corrected chi connectivity index (χ0v) is 20.6. The summed E-state index contributed by atoms with van der Waals surface area (Å²) in [6, 6.07) is 7.48. The molecule has 0 unspecified atom stereocenters. The van der Waals surface area contributed by atoms with Gasteiger partial charge in [-0.25, -0.2) is 9.18 Å². The van der Waals surface area contributed by atoms with Gasteiger partial charge in [-0.15, -0.1) is 0 Å². The highest BCUT2D eigenvalue weighted by molar-refractivity contribution is 6.31. The van der Waals surface area contributed by atoms with E-state index in [1.54, 1.807) is 36.2 Å². The molecule has 3 N–H and O–H groups in total. The number of hydrogen-bond donors (Lipinski definition) is 3. The summed E-state index contributed by atoms with van der Waals surface area (Å²) < 4.78 is 13.6. The summed E-state index contributed by atoms with van der Waals surface area (Å²) in [6.45, 7) is 3.51. The van der Waals surface area contributed by atoms with Crippen molar-refractivity contribution in [1.82, 2.24) is 20.5 Å². The number of Topliss-reactive ketones (excluding diaryl/α,β-unsaturated/α-hetero) is 1. The number of carbonyl (C=O) groups excluding carboxylic acids is 2. The molecule has 9 heteroatoms. The fourth-order valence-corrected chi connectivity index (χ4v) is 3.77. The van der Waals surface area contributed by atoms with Gasteiger partial charge in [-0.3, -0.25) is 9.78 Å². The Morgan fingerprint density at radius 1 is 1.21 bits per heavy atom. The summed E-state index contributed by atoms with van der Waals surface area (Å²) in [6.07, 6.45) is 5.10. The summed E-state index contributed by atoms with van der Waals surface area (Å²) in [5, 5.41) is 15.3. The van der Waals surface area contributed by atoms with Crippen molar-refractivity contribution in [3.8, 4) is 5.75 Å². The lowest BCUT2D eigenvalue weighted by molar-refractivity contribution is -0.119. The van der Waals surface area contributed by atoms with E-state index >= 15 is 0 Å². The predicted molar refractivity (Wildman–Crippen MR) is 131 cm³/mol. The van der Waals surface area contributed by atoms with E-state index in [1.165, 1.54) is 12.3 Å². The van der Waals surface area contributed by atoms with Gasteiger partial charge in [-0.1, -0.05) is 30.7 Å². The van der Waals surface area contributed by atoms with E-state index in [-0.39, 0.29) is 35.2 Å². The molecule has 0 radical (unpaired) electrons. The molecule has 2 aromatic rings. The molecule has 0 bridgehead atoms. The van der Waals surface area contributed by atoms with Gasteiger partial charge >= 0.3 is 6.03 Å². The minimum Gasteiger partial charge on any atom is -0.506 e. The average molecular weight is 493 g/mol. The topological polar surface area (TPSA) is 94.6 Å². The second-order valence-electron chi connectivity index (χ2n) is 8.24. The van der Waals surface area contributed by atoms with Crippen LogP contribution in [-0.4, -0.2) is 53.0 Å². The maximum atomic E-state index is 13.6. The van der Waals surface area contributed by atoms with E-state index in [4.69, 9.17) is 11.6 Å². The minimum atomic E-state index is -0.518. The molecular weight excluding hydrogens is 459 g/mol. The summed E-state index contributed by atoms with van der Waals surface area (Å²) >= 11 is 5.97. The molecule has 1 aromatic carbocycles. The van der Waals surface area contributed by atoms with Gasteiger partial charge in [0, 0.05) is 44.7 Å². The van der Waals surface area contributed by atoms with Crippen molar-refractivity contribution >= 4 is 23.4 Å². The molecule has 2 amide bonds. The number of amides is 2. The van der Waals surface area contributed by atoms with Crippen LogP contribution in [0.3, 0.4) is 0 Å². The van der Waals surface area contributed by atoms with Crippen LogP contribution in [-0.2, 0) is 17.8 Å². The molecule has 0 aliphatic heterocycles. The summed E-state index contributed by atoms with van der Waals surface area (Å²) in [7, 11) is 1.72. The molecule has 0 spiro atoms. The number of nitrogens with one attached hydrogen (secondary N) is 2. The van der Waals surface area contributed by atoms with Crippen LogP contribution in [0.4, 0.5) is 9.18 Å². The third kappa shape index (κ3) is 9.27. The number of ketones is 1. The molecule has 0 saturated heterocycles. The van der Waals surface area contributed by atoms with Crippen molar-refractivity contribution in [2.45, 2.75) is 58.0 Å². The second kappa shape index (κ2) is 14.5. The minimum absolute atomic E-state index is 0.00866. The van der Waals surface area contributed by atoms with Gasteiger partial charge in [0.25, 0.3) is 0 Å². The highest BCUT2D eigenvalue weighted by Crippen LogP contribution is 2.19. The third-order valence-electron chi connectivity index (χ3n) is 5.65. The number of carbonyl (C=O) groups is 2. The van der Waals surface area contributed by atoms with E-state index in [1.807, 2.05) is 6.92 Å². The second-order valence-corrected chi connectivity index (χ2v) is 8.61. The largest absolute Gasteiger partial charge is 0.506 e. The Kier molecular flexibility index (Phi) is 11.8. The molecule has 34 heavy (non-hydrogen) atoms. The Balaban J connectivity index is 1.77. The molecule has 2 rings (SSSR count). The molecule has 186 valence electrons. The Morgan fingerprint density at radius 2 is 1.97 bits per heavy atom. The van der Waals surface area contributed by atoms with Crippen molar-refractivity contribution in [3.05, 3.63) is 58.6 Å². The average Bonchev–Trinajstić information content (AvgIpc) is 2.82. The van der Waals surface area contributed by atoms with Gasteiger partial charge in [0.15, 0.2) is 0 Å². The highest BCUT2D eigenvalue weighted by Gasteiger charge is 2.20. The lowest BCUT2D eigenvalue weighted by Gasteiger charge is -2.29. The molecule has 7 nitrogen and oxygen atoms in total. The number of hydrogen-bond acceptors (Lipinski definition) is 5. The molecule has 1 heterocycles. The number of likely N-dealkylation sites (N-methyl/N-ethyl adjacent to an activating group) is 2. The number of rotatable bonds is 14. The van der Waals surface area contributed by atoms with Crippen LogP contribution in [0.1, 0.15) is 50.3 Å². The van der Waals surface area contributed by atoms with E-state index in [0.29, 0.717) is 50.6 Å². The van der Waals surface area contributed by atoms with E-state index in [0.717, 1.165) is 12.2 Å².